The Bertz CT molecular complexity index is 810. The molecule has 2 rings (SSSR count). The van der Waals surface area contributed by atoms with Crippen LogP contribution in [0.1, 0.15) is 12.5 Å². The SMILES string of the molecule is C=O.CC(Cc1ccc(Cl)c(Cl)c1)NC(=S)NCOc1ccc([N+](=O)[O-])cc1.CN. The number of thiocarbonyl (C=S) groups is 1. The number of carbonyl (C=O) groups is 1. The van der Waals surface area contributed by atoms with E-state index in [4.69, 9.17) is 45.0 Å². The van der Waals surface area contributed by atoms with Gasteiger partial charge in [0, 0.05) is 18.2 Å². The van der Waals surface area contributed by atoms with Crippen LogP contribution in [0.3, 0.4) is 0 Å². The lowest BCUT2D eigenvalue weighted by Gasteiger charge is -2.17. The number of hydrogen-bond donors (Lipinski definition) is 3. The van der Waals surface area contributed by atoms with Gasteiger partial charge < -0.3 is 25.9 Å². The van der Waals surface area contributed by atoms with Crippen molar-refractivity contribution < 1.29 is 14.5 Å². The minimum absolute atomic E-state index is 0.0126. The van der Waals surface area contributed by atoms with Gasteiger partial charge in [0.05, 0.1) is 15.0 Å². The fraction of sp³-hybridized carbons (Fsp3) is 0.263. The Morgan fingerprint density at radius 3 is 2.33 bits per heavy atom. The molecule has 30 heavy (non-hydrogen) atoms. The van der Waals surface area contributed by atoms with Gasteiger partial charge in [0.15, 0.2) is 11.8 Å². The standard InChI is InChI=1S/C17H17Cl2N3O3S.CH5N.CH2O/c1-11(8-12-2-7-15(18)16(19)9-12)21-17(26)20-10-25-14-5-3-13(4-6-14)22(23)24;2*1-2/h2-7,9,11H,8,10H2,1H3,(H2,20,21,26);2H2,1H3;1H2. The quantitative estimate of drug-likeness (QED) is 0.240. The predicted octanol–water partition coefficient (Wildman–Crippen LogP) is 3.72. The van der Waals surface area contributed by atoms with Gasteiger partial charge in [-0.1, -0.05) is 29.3 Å². The molecule has 0 spiro atoms. The minimum atomic E-state index is -0.462. The molecule has 1 unspecified atom stereocenters. The van der Waals surface area contributed by atoms with Gasteiger partial charge in [-0.15, -0.1) is 0 Å². The van der Waals surface area contributed by atoms with Crippen LogP contribution in [-0.4, -0.2) is 36.6 Å². The molecule has 11 heteroatoms. The van der Waals surface area contributed by atoms with Crippen LogP contribution >= 0.6 is 35.4 Å². The average molecular weight is 475 g/mol. The van der Waals surface area contributed by atoms with E-state index in [-0.39, 0.29) is 18.5 Å². The van der Waals surface area contributed by atoms with Crippen molar-refractivity contribution in [2.24, 2.45) is 5.73 Å². The molecule has 8 nitrogen and oxygen atoms in total. The van der Waals surface area contributed by atoms with Crippen LogP contribution in [0, 0.1) is 10.1 Å². The first kappa shape index (κ1) is 27.5. The molecule has 0 bridgehead atoms. The van der Waals surface area contributed by atoms with E-state index < -0.39 is 4.92 Å². The summed E-state index contributed by atoms with van der Waals surface area (Å²) in [6.07, 6.45) is 0.724. The first-order valence-corrected chi connectivity index (χ1v) is 9.73. The van der Waals surface area contributed by atoms with Crippen LogP contribution in [0.2, 0.25) is 10.0 Å². The molecule has 0 aromatic heterocycles. The summed E-state index contributed by atoms with van der Waals surface area (Å²) in [4.78, 5) is 18.1. The number of non-ortho nitro benzene ring substituents is 1. The minimum Gasteiger partial charge on any atom is -0.473 e. The second-order valence-corrected chi connectivity index (χ2v) is 6.77. The predicted molar refractivity (Wildman–Crippen MR) is 124 cm³/mol. The Kier molecular flexibility index (Phi) is 14.1. The van der Waals surface area contributed by atoms with E-state index in [2.05, 4.69) is 16.4 Å². The number of nitrogens with two attached hydrogens (primary N) is 1. The van der Waals surface area contributed by atoms with Gasteiger partial charge in [0.25, 0.3) is 5.69 Å². The van der Waals surface area contributed by atoms with Crippen molar-refractivity contribution in [3.63, 3.8) is 0 Å². The Balaban J connectivity index is 0.00000198. The van der Waals surface area contributed by atoms with Crippen molar-refractivity contribution >= 4 is 53.0 Å². The topological polar surface area (TPSA) is 120 Å². The lowest BCUT2D eigenvalue weighted by molar-refractivity contribution is -0.384. The first-order valence-electron chi connectivity index (χ1n) is 8.57. The number of nitrogens with one attached hydrogen (secondary N) is 2. The Morgan fingerprint density at radius 2 is 1.80 bits per heavy atom. The zero-order chi connectivity index (χ0) is 23.1. The van der Waals surface area contributed by atoms with Gasteiger partial charge in [0.2, 0.25) is 0 Å². The van der Waals surface area contributed by atoms with Crippen LogP contribution in [0.25, 0.3) is 0 Å². The van der Waals surface area contributed by atoms with Crippen molar-refractivity contribution in [1.82, 2.24) is 10.6 Å². The first-order chi connectivity index (χ1) is 14.3. The third-order valence-corrected chi connectivity index (χ3v) is 4.42. The van der Waals surface area contributed by atoms with Crippen LogP contribution in [0.15, 0.2) is 42.5 Å². The molecule has 0 aliphatic rings. The van der Waals surface area contributed by atoms with Gasteiger partial charge >= 0.3 is 0 Å². The molecule has 0 aliphatic heterocycles. The van der Waals surface area contributed by atoms with E-state index in [1.165, 1.54) is 31.3 Å². The zero-order valence-corrected chi connectivity index (χ0v) is 18.9. The normalized spacial score (nSPS) is 10.3. The van der Waals surface area contributed by atoms with E-state index >= 15 is 0 Å². The fourth-order valence-corrected chi connectivity index (χ4v) is 2.78. The monoisotopic (exact) mass is 474 g/mol. The highest BCUT2D eigenvalue weighted by Crippen LogP contribution is 2.23. The smallest absolute Gasteiger partial charge is 0.269 e. The number of hydrogen-bond acceptors (Lipinski definition) is 6. The summed E-state index contributed by atoms with van der Waals surface area (Å²) in [7, 11) is 1.50. The maximum Gasteiger partial charge on any atom is 0.269 e. The maximum atomic E-state index is 10.6. The second-order valence-electron chi connectivity index (χ2n) is 5.54. The van der Waals surface area contributed by atoms with E-state index in [1.807, 2.05) is 25.8 Å². The zero-order valence-electron chi connectivity index (χ0n) is 16.6. The highest BCUT2D eigenvalue weighted by atomic mass is 35.5. The third-order valence-electron chi connectivity index (χ3n) is 3.42. The Morgan fingerprint density at radius 1 is 1.20 bits per heavy atom. The number of benzene rings is 2. The lowest BCUT2D eigenvalue weighted by Crippen LogP contribution is -2.42. The van der Waals surface area contributed by atoms with Crippen LogP contribution < -0.4 is 21.1 Å². The van der Waals surface area contributed by atoms with Gasteiger partial charge in [0.1, 0.15) is 12.5 Å². The van der Waals surface area contributed by atoms with Gasteiger partial charge in [-0.3, -0.25) is 10.1 Å². The van der Waals surface area contributed by atoms with E-state index in [1.54, 1.807) is 6.07 Å². The fourth-order valence-electron chi connectivity index (χ4n) is 2.20. The number of rotatable bonds is 7. The molecule has 164 valence electrons. The molecule has 2 aromatic carbocycles. The van der Waals surface area contributed by atoms with Crippen molar-refractivity contribution in [2.45, 2.75) is 19.4 Å². The number of nitro benzene ring substituents is 1. The molecule has 0 heterocycles. The number of halogens is 2. The van der Waals surface area contributed by atoms with E-state index in [9.17, 15) is 10.1 Å². The molecule has 0 amide bonds. The summed E-state index contributed by atoms with van der Waals surface area (Å²) < 4.78 is 5.45. The van der Waals surface area contributed by atoms with Crippen LogP contribution in [0.4, 0.5) is 5.69 Å². The van der Waals surface area contributed by atoms with E-state index in [0.29, 0.717) is 20.9 Å². The highest BCUT2D eigenvalue weighted by molar-refractivity contribution is 7.80. The Labute approximate surface area is 190 Å². The Hall–Kier alpha value is -2.46. The van der Waals surface area contributed by atoms with Crippen LogP contribution in [0.5, 0.6) is 5.75 Å². The molecular weight excluding hydrogens is 451 g/mol. The summed E-state index contributed by atoms with van der Waals surface area (Å²) in [6.45, 7) is 4.14. The number of ether oxygens (including phenoxy) is 1. The van der Waals surface area contributed by atoms with Crippen molar-refractivity contribution in [2.75, 3.05) is 13.8 Å². The van der Waals surface area contributed by atoms with E-state index in [0.717, 1.165) is 12.0 Å². The second kappa shape index (κ2) is 15.4. The van der Waals surface area contributed by atoms with Gasteiger partial charge in [-0.2, -0.15) is 0 Å². The number of carbonyl (C=O) groups excluding carboxylic acids is 1. The van der Waals surface area contributed by atoms with Crippen molar-refractivity contribution in [3.05, 3.63) is 68.2 Å². The maximum absolute atomic E-state index is 10.6. The molecule has 4 N–H and O–H groups in total. The molecule has 0 saturated heterocycles. The molecule has 1 atom stereocenters. The molecule has 0 fully saturated rings. The molecule has 0 saturated carbocycles. The summed E-state index contributed by atoms with van der Waals surface area (Å²) in [5.41, 5.74) is 5.56. The summed E-state index contributed by atoms with van der Waals surface area (Å²) in [5, 5.41) is 18.2. The molecular formula is C19H24Cl2N4O4S. The number of nitrogens with zero attached hydrogens (tertiary/aromatic N) is 1. The summed E-state index contributed by atoms with van der Waals surface area (Å²) >= 11 is 17.1. The van der Waals surface area contributed by atoms with Gasteiger partial charge in [-0.25, -0.2) is 0 Å². The third kappa shape index (κ3) is 10.4. The number of nitro groups is 1. The molecule has 0 radical (unpaired) electrons. The van der Waals surface area contributed by atoms with Crippen molar-refractivity contribution in [3.8, 4) is 5.75 Å². The van der Waals surface area contributed by atoms with Crippen LogP contribution in [-0.2, 0) is 11.2 Å². The highest BCUT2D eigenvalue weighted by Gasteiger charge is 2.08. The largest absolute Gasteiger partial charge is 0.473 e. The summed E-state index contributed by atoms with van der Waals surface area (Å²) in [6, 6.07) is 11.4. The molecule has 0 aliphatic carbocycles. The van der Waals surface area contributed by atoms with Gasteiger partial charge in [-0.05, 0) is 62.4 Å². The lowest BCUT2D eigenvalue weighted by atomic mass is 10.1. The molecule has 2 aromatic rings. The average Bonchev–Trinajstić information content (AvgIpc) is 2.74. The summed E-state index contributed by atoms with van der Waals surface area (Å²) in [5.74, 6) is 0.509. The van der Waals surface area contributed by atoms with Crippen molar-refractivity contribution in [1.29, 1.82) is 0 Å².